The summed E-state index contributed by atoms with van der Waals surface area (Å²) in [6, 6.07) is 10.1. The average Bonchev–Trinajstić information content (AvgIpc) is 2.49. The van der Waals surface area contributed by atoms with E-state index in [1.807, 2.05) is 50.2 Å². The summed E-state index contributed by atoms with van der Waals surface area (Å²) >= 11 is -1.11. The largest absolute Gasteiger partial charge is 0.597 e. The van der Waals surface area contributed by atoms with Crippen LogP contribution in [0.15, 0.2) is 30.3 Å². The minimum absolute atomic E-state index is 0.0170. The summed E-state index contributed by atoms with van der Waals surface area (Å²) in [5, 5.41) is 9.80. The van der Waals surface area contributed by atoms with E-state index in [9.17, 15) is 9.66 Å². The predicted molar refractivity (Wildman–Crippen MR) is 94.3 cm³/mol. The maximum atomic E-state index is 12.9. The van der Waals surface area contributed by atoms with Gasteiger partial charge in [0.1, 0.15) is 4.75 Å². The standard InChI is InChI=1S/C18H29NO3S/c1-14-17(20)11-10-16(22-14)13-19(23(21)18(2,3)4)12-15-8-6-5-7-9-15/h5-9,14,16-17,20H,10-13H2,1-4H3/t14?,16-,17?,23-/m0/s1. The molecule has 0 amide bonds. The quantitative estimate of drug-likeness (QED) is 0.838. The molecule has 4 atom stereocenters. The minimum atomic E-state index is -1.11. The van der Waals surface area contributed by atoms with Crippen molar-refractivity contribution in [2.24, 2.45) is 0 Å². The summed E-state index contributed by atoms with van der Waals surface area (Å²) in [6.45, 7) is 9.15. The lowest BCUT2D eigenvalue weighted by Crippen LogP contribution is -2.48. The van der Waals surface area contributed by atoms with Crippen molar-refractivity contribution in [1.82, 2.24) is 4.31 Å². The first-order valence-corrected chi connectivity index (χ1v) is 9.42. The second-order valence-corrected chi connectivity index (χ2v) is 9.52. The molecule has 0 aromatic heterocycles. The molecule has 2 unspecified atom stereocenters. The molecule has 1 aliphatic heterocycles. The Morgan fingerprint density at radius 2 is 1.91 bits per heavy atom. The molecule has 1 saturated heterocycles. The normalized spacial score (nSPS) is 27.2. The first-order valence-electron chi connectivity index (χ1n) is 8.32. The molecule has 5 heteroatoms. The Hall–Kier alpha value is -0.590. The zero-order valence-corrected chi connectivity index (χ0v) is 15.4. The monoisotopic (exact) mass is 339 g/mol. The number of hydrogen-bond acceptors (Lipinski definition) is 4. The molecule has 1 aromatic carbocycles. The lowest BCUT2D eigenvalue weighted by atomic mass is 10.0. The minimum Gasteiger partial charge on any atom is -0.597 e. The molecule has 1 aromatic rings. The van der Waals surface area contributed by atoms with Crippen LogP contribution in [-0.4, -0.2) is 43.6 Å². The second-order valence-electron chi connectivity index (χ2n) is 7.28. The SMILES string of the molecule is CC1O[C@H](CN(Cc2ccccc2)[S@@+]([O-])C(C)(C)C)CCC1O. The van der Waals surface area contributed by atoms with Crippen LogP contribution >= 0.6 is 0 Å². The Balaban J connectivity index is 2.07. The van der Waals surface area contributed by atoms with Gasteiger partial charge in [-0.1, -0.05) is 30.3 Å². The number of hydrogen-bond donors (Lipinski definition) is 1. The van der Waals surface area contributed by atoms with Gasteiger partial charge in [-0.05, 0) is 46.1 Å². The summed E-state index contributed by atoms with van der Waals surface area (Å²) in [5.41, 5.74) is 1.15. The van der Waals surface area contributed by atoms with E-state index in [1.165, 1.54) is 0 Å². The van der Waals surface area contributed by atoms with Crippen LogP contribution in [0.1, 0.15) is 46.1 Å². The van der Waals surface area contributed by atoms with Crippen molar-refractivity contribution < 1.29 is 14.4 Å². The van der Waals surface area contributed by atoms with Crippen molar-refractivity contribution in [3.8, 4) is 0 Å². The van der Waals surface area contributed by atoms with E-state index in [0.29, 0.717) is 13.1 Å². The Morgan fingerprint density at radius 1 is 1.26 bits per heavy atom. The molecule has 1 N–H and O–H groups in total. The number of rotatable bonds is 5. The first kappa shape index (κ1) is 18.7. The number of nitrogens with zero attached hydrogens (tertiary/aromatic N) is 1. The molecule has 1 heterocycles. The van der Waals surface area contributed by atoms with Crippen LogP contribution < -0.4 is 0 Å². The molecule has 0 saturated carbocycles. The average molecular weight is 340 g/mol. The van der Waals surface area contributed by atoms with Crippen LogP contribution in [0.3, 0.4) is 0 Å². The topological polar surface area (TPSA) is 55.8 Å². The van der Waals surface area contributed by atoms with Gasteiger partial charge in [-0.25, -0.2) is 0 Å². The molecular weight excluding hydrogens is 310 g/mol. The van der Waals surface area contributed by atoms with E-state index < -0.39 is 11.4 Å². The van der Waals surface area contributed by atoms with Crippen LogP contribution in [0.4, 0.5) is 0 Å². The summed E-state index contributed by atoms with van der Waals surface area (Å²) in [5.74, 6) is 0. The van der Waals surface area contributed by atoms with Crippen LogP contribution in [0.5, 0.6) is 0 Å². The zero-order chi connectivity index (χ0) is 17.0. The van der Waals surface area contributed by atoms with Gasteiger partial charge in [0.05, 0.1) is 31.4 Å². The molecule has 1 fully saturated rings. The highest BCUT2D eigenvalue weighted by Crippen LogP contribution is 2.26. The predicted octanol–water partition coefficient (Wildman–Crippen LogP) is 2.88. The second kappa shape index (κ2) is 7.99. The van der Waals surface area contributed by atoms with E-state index in [-0.39, 0.29) is 23.1 Å². The van der Waals surface area contributed by atoms with Crippen LogP contribution in [0, 0.1) is 0 Å². The number of aliphatic hydroxyl groups is 1. The van der Waals surface area contributed by atoms with Crippen molar-refractivity contribution in [1.29, 1.82) is 0 Å². The molecule has 0 radical (unpaired) electrons. The highest BCUT2D eigenvalue weighted by atomic mass is 32.2. The fraction of sp³-hybridized carbons (Fsp3) is 0.667. The number of aliphatic hydroxyl groups excluding tert-OH is 1. The van der Waals surface area contributed by atoms with Crippen molar-refractivity contribution in [2.45, 2.75) is 70.1 Å². The molecule has 0 spiro atoms. The Bertz CT molecular complexity index is 477. The van der Waals surface area contributed by atoms with Crippen LogP contribution in [0.2, 0.25) is 0 Å². The maximum absolute atomic E-state index is 12.9. The summed E-state index contributed by atoms with van der Waals surface area (Å²) in [4.78, 5) is 0. The van der Waals surface area contributed by atoms with Crippen molar-refractivity contribution >= 4 is 11.4 Å². The van der Waals surface area contributed by atoms with E-state index in [2.05, 4.69) is 12.1 Å². The number of ether oxygens (including phenoxy) is 1. The molecule has 23 heavy (non-hydrogen) atoms. The van der Waals surface area contributed by atoms with Crippen LogP contribution in [0.25, 0.3) is 0 Å². The number of benzene rings is 1. The molecule has 2 rings (SSSR count). The van der Waals surface area contributed by atoms with Gasteiger partial charge in [-0.15, -0.1) is 4.31 Å². The zero-order valence-electron chi connectivity index (χ0n) is 14.6. The summed E-state index contributed by atoms with van der Waals surface area (Å²) < 4.78 is 20.5. The highest BCUT2D eigenvalue weighted by molar-refractivity contribution is 7.90. The van der Waals surface area contributed by atoms with Crippen LogP contribution in [-0.2, 0) is 22.6 Å². The molecule has 1 aliphatic rings. The fourth-order valence-corrected chi connectivity index (χ4v) is 4.12. The van der Waals surface area contributed by atoms with Crippen molar-refractivity contribution in [2.75, 3.05) is 6.54 Å². The van der Waals surface area contributed by atoms with Gasteiger partial charge < -0.3 is 14.4 Å². The third kappa shape index (κ3) is 5.47. The maximum Gasteiger partial charge on any atom is 0.137 e. The van der Waals surface area contributed by atoms with Gasteiger partial charge in [0.25, 0.3) is 0 Å². The smallest absolute Gasteiger partial charge is 0.137 e. The van der Waals surface area contributed by atoms with Gasteiger partial charge in [-0.2, -0.15) is 0 Å². The molecule has 0 bridgehead atoms. The van der Waals surface area contributed by atoms with Gasteiger partial charge in [0.2, 0.25) is 0 Å². The molecular formula is C18H29NO3S. The Kier molecular flexibility index (Phi) is 6.51. The van der Waals surface area contributed by atoms with Crippen molar-refractivity contribution in [3.63, 3.8) is 0 Å². The first-order chi connectivity index (χ1) is 10.8. The molecule has 0 aliphatic carbocycles. The van der Waals surface area contributed by atoms with Gasteiger partial charge >= 0.3 is 0 Å². The third-order valence-electron chi connectivity index (χ3n) is 4.10. The highest BCUT2D eigenvalue weighted by Gasteiger charge is 2.36. The summed E-state index contributed by atoms with van der Waals surface area (Å²) in [6.07, 6.45) is 1.02. The lowest BCUT2D eigenvalue weighted by molar-refractivity contribution is -0.111. The van der Waals surface area contributed by atoms with Crippen molar-refractivity contribution in [3.05, 3.63) is 35.9 Å². The van der Waals surface area contributed by atoms with E-state index >= 15 is 0 Å². The fourth-order valence-electron chi connectivity index (χ4n) is 2.78. The van der Waals surface area contributed by atoms with Gasteiger partial charge in [0.15, 0.2) is 0 Å². The lowest BCUT2D eigenvalue weighted by Gasteiger charge is -2.37. The Labute approximate surface area is 143 Å². The summed E-state index contributed by atoms with van der Waals surface area (Å²) in [7, 11) is 0. The van der Waals surface area contributed by atoms with E-state index in [1.54, 1.807) is 0 Å². The molecule has 130 valence electrons. The van der Waals surface area contributed by atoms with E-state index in [4.69, 9.17) is 4.74 Å². The van der Waals surface area contributed by atoms with Gasteiger partial charge in [0, 0.05) is 11.4 Å². The van der Waals surface area contributed by atoms with Gasteiger partial charge in [-0.3, -0.25) is 0 Å². The molecule has 4 nitrogen and oxygen atoms in total. The third-order valence-corrected chi connectivity index (χ3v) is 5.90. The van der Waals surface area contributed by atoms with E-state index in [0.717, 1.165) is 18.4 Å². The Morgan fingerprint density at radius 3 is 2.48 bits per heavy atom.